The topological polar surface area (TPSA) is 26.3 Å². The smallest absolute Gasteiger partial charge is 0.306 e. The molecule has 0 radical (unpaired) electrons. The van der Waals surface area contributed by atoms with E-state index in [0.717, 1.165) is 18.8 Å². The van der Waals surface area contributed by atoms with Crippen LogP contribution in [0.15, 0.2) is 0 Å². The Balaban J connectivity index is 1.34. The molecule has 2 fully saturated rings. The van der Waals surface area contributed by atoms with E-state index in [4.69, 9.17) is 4.74 Å². The minimum Gasteiger partial charge on any atom is -0.462 e. The molecule has 3 atom stereocenters. The van der Waals surface area contributed by atoms with Crippen LogP contribution in [0.1, 0.15) is 174 Å². The molecule has 33 heavy (non-hydrogen) atoms. The number of unbranched alkanes of at least 4 members (excludes halogenated alkanes) is 16. The van der Waals surface area contributed by atoms with E-state index in [1.54, 1.807) is 0 Å². The van der Waals surface area contributed by atoms with E-state index in [2.05, 4.69) is 6.92 Å². The molecular formula is C31H58O2. The molecule has 0 heterocycles. The molecule has 2 heteroatoms. The van der Waals surface area contributed by atoms with Crippen LogP contribution < -0.4 is 0 Å². The minimum absolute atomic E-state index is 0.0855. The van der Waals surface area contributed by atoms with E-state index in [9.17, 15) is 4.79 Å². The van der Waals surface area contributed by atoms with Crippen molar-refractivity contribution in [3.8, 4) is 0 Å². The summed E-state index contributed by atoms with van der Waals surface area (Å²) < 4.78 is 6.00. The van der Waals surface area contributed by atoms with Crippen LogP contribution in [-0.2, 0) is 9.53 Å². The normalized spacial score (nSPS) is 23.1. The second kappa shape index (κ2) is 19.7. The fourth-order valence-electron chi connectivity index (χ4n) is 6.29. The third-order valence-electron chi connectivity index (χ3n) is 8.53. The van der Waals surface area contributed by atoms with E-state index in [1.807, 2.05) is 0 Å². The van der Waals surface area contributed by atoms with Crippen molar-refractivity contribution < 1.29 is 9.53 Å². The zero-order valence-electron chi connectivity index (χ0n) is 22.4. The van der Waals surface area contributed by atoms with Gasteiger partial charge in [-0.1, -0.05) is 135 Å². The highest BCUT2D eigenvalue weighted by atomic mass is 16.5. The number of carbonyl (C=O) groups is 1. The van der Waals surface area contributed by atoms with Crippen molar-refractivity contribution in [1.29, 1.82) is 0 Å². The van der Waals surface area contributed by atoms with Crippen LogP contribution in [-0.4, -0.2) is 12.1 Å². The van der Waals surface area contributed by atoms with Crippen LogP contribution in [0.3, 0.4) is 0 Å². The molecule has 0 aliphatic heterocycles. The maximum absolute atomic E-state index is 12.4. The largest absolute Gasteiger partial charge is 0.462 e. The highest BCUT2D eigenvalue weighted by Crippen LogP contribution is 2.37. The zero-order valence-corrected chi connectivity index (χ0v) is 22.4. The predicted octanol–water partition coefficient (Wildman–Crippen LogP) is 10.3. The van der Waals surface area contributed by atoms with Gasteiger partial charge in [0.1, 0.15) is 6.10 Å². The first-order valence-electron chi connectivity index (χ1n) is 15.5. The van der Waals surface area contributed by atoms with Gasteiger partial charge in [0.2, 0.25) is 0 Å². The summed E-state index contributed by atoms with van der Waals surface area (Å²) in [5.74, 6) is 1.69. The molecule has 0 amide bonds. The van der Waals surface area contributed by atoms with Crippen LogP contribution in [0.5, 0.6) is 0 Å². The monoisotopic (exact) mass is 462 g/mol. The van der Waals surface area contributed by atoms with E-state index < -0.39 is 0 Å². The van der Waals surface area contributed by atoms with Crippen LogP contribution in [0.2, 0.25) is 0 Å². The number of rotatable bonds is 19. The molecule has 0 saturated heterocycles. The molecule has 0 aromatic rings. The van der Waals surface area contributed by atoms with E-state index in [0.29, 0.717) is 12.3 Å². The fourth-order valence-corrected chi connectivity index (χ4v) is 6.29. The minimum atomic E-state index is 0.0855. The first-order chi connectivity index (χ1) is 16.3. The molecule has 3 unspecified atom stereocenters. The zero-order chi connectivity index (χ0) is 23.4. The SMILES string of the molecule is CCCCCCCCCCCCCCCCCCCC(=O)OC1CCCC2CCCC1CC2. The number of carbonyl (C=O) groups excluding carboxylic acids is 1. The van der Waals surface area contributed by atoms with Gasteiger partial charge in [0, 0.05) is 6.42 Å². The van der Waals surface area contributed by atoms with Crippen LogP contribution in [0.25, 0.3) is 0 Å². The van der Waals surface area contributed by atoms with Crippen molar-refractivity contribution in [2.45, 2.75) is 180 Å². The average molecular weight is 463 g/mol. The highest BCUT2D eigenvalue weighted by Gasteiger charge is 2.30. The van der Waals surface area contributed by atoms with Crippen molar-refractivity contribution in [2.24, 2.45) is 11.8 Å². The molecule has 2 aliphatic carbocycles. The summed E-state index contributed by atoms with van der Waals surface area (Å²) in [5, 5.41) is 0. The summed E-state index contributed by atoms with van der Waals surface area (Å²) in [6.07, 6.45) is 34.8. The van der Waals surface area contributed by atoms with Gasteiger partial charge in [-0.2, -0.15) is 0 Å². The third kappa shape index (κ3) is 14.5. The number of hydrogen-bond donors (Lipinski definition) is 0. The summed E-state index contributed by atoms with van der Waals surface area (Å²) in [4.78, 5) is 12.4. The first kappa shape index (κ1) is 28.7. The Kier molecular flexibility index (Phi) is 17.2. The second-order valence-corrected chi connectivity index (χ2v) is 11.5. The summed E-state index contributed by atoms with van der Waals surface area (Å²) >= 11 is 0. The summed E-state index contributed by atoms with van der Waals surface area (Å²) in [6.45, 7) is 2.29. The van der Waals surface area contributed by atoms with Crippen molar-refractivity contribution in [2.75, 3.05) is 0 Å². The molecule has 2 aliphatic rings. The Morgan fingerprint density at radius 3 is 1.61 bits per heavy atom. The van der Waals surface area contributed by atoms with E-state index in [1.165, 1.54) is 148 Å². The molecular weight excluding hydrogens is 404 g/mol. The Hall–Kier alpha value is -0.530. The number of ether oxygens (including phenoxy) is 1. The van der Waals surface area contributed by atoms with E-state index in [-0.39, 0.29) is 12.1 Å². The van der Waals surface area contributed by atoms with Crippen molar-refractivity contribution in [1.82, 2.24) is 0 Å². The molecule has 194 valence electrons. The summed E-state index contributed by atoms with van der Waals surface area (Å²) in [6, 6.07) is 0. The average Bonchev–Trinajstić information content (AvgIpc) is 3.00. The lowest BCUT2D eigenvalue weighted by Gasteiger charge is -2.28. The summed E-state index contributed by atoms with van der Waals surface area (Å²) in [7, 11) is 0. The lowest BCUT2D eigenvalue weighted by Crippen LogP contribution is -2.28. The van der Waals surface area contributed by atoms with Gasteiger partial charge in [-0.3, -0.25) is 4.79 Å². The van der Waals surface area contributed by atoms with Gasteiger partial charge in [-0.25, -0.2) is 0 Å². The second-order valence-electron chi connectivity index (χ2n) is 11.5. The van der Waals surface area contributed by atoms with Gasteiger partial charge in [-0.05, 0) is 43.9 Å². The van der Waals surface area contributed by atoms with Gasteiger partial charge in [0.15, 0.2) is 0 Å². The molecule has 0 spiro atoms. The molecule has 2 rings (SSSR count). The lowest BCUT2D eigenvalue weighted by molar-refractivity contribution is -0.153. The van der Waals surface area contributed by atoms with Crippen LogP contribution >= 0.6 is 0 Å². The van der Waals surface area contributed by atoms with Crippen LogP contribution in [0.4, 0.5) is 0 Å². The quantitative estimate of drug-likeness (QED) is 0.141. The van der Waals surface area contributed by atoms with Gasteiger partial charge in [0.05, 0.1) is 0 Å². The van der Waals surface area contributed by atoms with Gasteiger partial charge in [-0.15, -0.1) is 0 Å². The van der Waals surface area contributed by atoms with Gasteiger partial charge < -0.3 is 4.74 Å². The maximum Gasteiger partial charge on any atom is 0.306 e. The van der Waals surface area contributed by atoms with Gasteiger partial charge in [0.25, 0.3) is 0 Å². The fraction of sp³-hybridized carbons (Fsp3) is 0.968. The van der Waals surface area contributed by atoms with Crippen LogP contribution in [0, 0.1) is 11.8 Å². The Morgan fingerprint density at radius 2 is 1.06 bits per heavy atom. The van der Waals surface area contributed by atoms with Crippen molar-refractivity contribution >= 4 is 5.97 Å². The number of esters is 1. The maximum atomic E-state index is 12.4. The Bertz CT molecular complexity index is 460. The number of fused-ring (bicyclic) bond motifs is 3. The highest BCUT2D eigenvalue weighted by molar-refractivity contribution is 5.69. The van der Waals surface area contributed by atoms with Crippen molar-refractivity contribution in [3.63, 3.8) is 0 Å². The molecule has 2 saturated carbocycles. The molecule has 0 N–H and O–H groups in total. The molecule has 2 nitrogen and oxygen atoms in total. The molecule has 0 aromatic heterocycles. The Morgan fingerprint density at radius 1 is 0.576 bits per heavy atom. The summed E-state index contributed by atoms with van der Waals surface area (Å²) in [5.41, 5.74) is 0. The molecule has 2 bridgehead atoms. The number of hydrogen-bond acceptors (Lipinski definition) is 2. The standard InChI is InChI=1S/C31H58O2/c1-2-3-4-5-6-7-8-9-10-11-12-13-14-15-16-17-18-25-31(32)33-30-24-20-22-28-21-19-23-29(30)27-26-28/h28-30H,2-27H2,1H3. The van der Waals surface area contributed by atoms with Crippen molar-refractivity contribution in [3.05, 3.63) is 0 Å². The van der Waals surface area contributed by atoms with E-state index >= 15 is 0 Å². The third-order valence-corrected chi connectivity index (χ3v) is 8.53. The predicted molar refractivity (Wildman–Crippen MR) is 143 cm³/mol. The molecule has 0 aromatic carbocycles. The first-order valence-corrected chi connectivity index (χ1v) is 15.5. The van der Waals surface area contributed by atoms with Gasteiger partial charge >= 0.3 is 5.97 Å². The Labute approximate surface area is 207 Å². The lowest BCUT2D eigenvalue weighted by atomic mass is 9.85.